The van der Waals surface area contributed by atoms with Gasteiger partial charge in [0, 0.05) is 32.9 Å². The SMILES string of the molecule is N#Cc1sccc1-c1c(-c2cccs2)n(Sc2ccc(Cl)cc2)c2ccc(OCCCCC(=O)O)cc12. The molecule has 0 aliphatic rings. The highest BCUT2D eigenvalue weighted by Crippen LogP contribution is 2.48. The number of carbonyl (C=O) groups is 1. The summed E-state index contributed by atoms with van der Waals surface area (Å²) in [6, 6.07) is 22.3. The van der Waals surface area contributed by atoms with Crippen LogP contribution in [0.4, 0.5) is 0 Å². The molecule has 0 aliphatic carbocycles. The van der Waals surface area contributed by atoms with E-state index >= 15 is 0 Å². The Bertz CT molecular complexity index is 1580. The first-order valence-electron chi connectivity index (χ1n) is 11.5. The standard InChI is InChI=1S/C28H21ClN2O3S3/c29-18-6-9-20(10-7-18)37-31-23-11-8-19(34-13-2-1-5-26(32)33)16-22(23)27(21-12-15-36-25(21)17-30)28(31)24-4-3-14-35-24/h3-4,6-12,14-16H,1-2,5,13H2,(H,32,33). The predicted molar refractivity (Wildman–Crippen MR) is 153 cm³/mol. The van der Waals surface area contributed by atoms with Gasteiger partial charge in [-0.3, -0.25) is 8.77 Å². The summed E-state index contributed by atoms with van der Waals surface area (Å²) >= 11 is 10.8. The molecule has 0 unspecified atom stereocenters. The molecule has 0 fully saturated rings. The fourth-order valence-electron chi connectivity index (χ4n) is 4.10. The number of nitrogens with zero attached hydrogens (tertiary/aromatic N) is 2. The molecule has 5 aromatic rings. The van der Waals surface area contributed by atoms with Crippen LogP contribution < -0.4 is 4.74 Å². The smallest absolute Gasteiger partial charge is 0.303 e. The van der Waals surface area contributed by atoms with Crippen LogP contribution in [0.15, 0.2) is 76.3 Å². The lowest BCUT2D eigenvalue weighted by atomic mass is 10.0. The molecular formula is C28H21ClN2O3S3. The molecule has 1 N–H and O–H groups in total. The van der Waals surface area contributed by atoms with Gasteiger partial charge in [-0.1, -0.05) is 17.7 Å². The first kappa shape index (κ1) is 25.4. The summed E-state index contributed by atoms with van der Waals surface area (Å²) in [6.07, 6.45) is 1.37. The van der Waals surface area contributed by atoms with Gasteiger partial charge in [-0.15, -0.1) is 22.7 Å². The molecule has 5 nitrogen and oxygen atoms in total. The first-order chi connectivity index (χ1) is 18.0. The van der Waals surface area contributed by atoms with Gasteiger partial charge in [-0.25, -0.2) is 0 Å². The van der Waals surface area contributed by atoms with Crippen molar-refractivity contribution in [3.8, 4) is 33.5 Å². The van der Waals surface area contributed by atoms with Gasteiger partial charge in [0.1, 0.15) is 16.7 Å². The van der Waals surface area contributed by atoms with Gasteiger partial charge >= 0.3 is 5.97 Å². The van der Waals surface area contributed by atoms with E-state index in [9.17, 15) is 10.1 Å². The summed E-state index contributed by atoms with van der Waals surface area (Å²) in [5.74, 6) is -0.0834. The van der Waals surface area contributed by atoms with Gasteiger partial charge in [0.25, 0.3) is 0 Å². The number of aliphatic carboxylic acids is 1. The van der Waals surface area contributed by atoms with Crippen molar-refractivity contribution in [2.75, 3.05) is 6.61 Å². The van der Waals surface area contributed by atoms with Gasteiger partial charge in [0.15, 0.2) is 0 Å². The highest BCUT2D eigenvalue weighted by atomic mass is 35.5. The second-order valence-electron chi connectivity index (χ2n) is 8.19. The van der Waals surface area contributed by atoms with Crippen LogP contribution in [0.1, 0.15) is 24.1 Å². The molecule has 0 amide bonds. The van der Waals surface area contributed by atoms with E-state index in [0.29, 0.717) is 35.1 Å². The van der Waals surface area contributed by atoms with E-state index in [1.807, 2.05) is 60.0 Å². The zero-order valence-electron chi connectivity index (χ0n) is 19.5. The fourth-order valence-corrected chi connectivity index (χ4v) is 6.74. The van der Waals surface area contributed by atoms with Crippen molar-refractivity contribution in [2.24, 2.45) is 0 Å². The number of halogens is 1. The van der Waals surface area contributed by atoms with Crippen molar-refractivity contribution in [3.05, 3.63) is 81.3 Å². The van der Waals surface area contributed by atoms with E-state index in [1.54, 1.807) is 23.3 Å². The molecule has 0 aliphatic heterocycles. The molecule has 0 atom stereocenters. The Morgan fingerprint density at radius 3 is 2.65 bits per heavy atom. The second kappa shape index (κ2) is 11.4. The molecule has 3 heterocycles. The minimum Gasteiger partial charge on any atom is -0.494 e. The third kappa shape index (κ3) is 5.55. The van der Waals surface area contributed by atoms with E-state index < -0.39 is 5.97 Å². The maximum atomic E-state index is 10.8. The quantitative estimate of drug-likeness (QED) is 0.171. The number of carboxylic acid groups (broad SMARTS) is 1. The van der Waals surface area contributed by atoms with Crippen molar-refractivity contribution in [1.29, 1.82) is 5.26 Å². The molecular weight excluding hydrogens is 544 g/mol. The number of nitriles is 1. The predicted octanol–water partition coefficient (Wildman–Crippen LogP) is 8.81. The van der Waals surface area contributed by atoms with Crippen LogP contribution in [0.3, 0.4) is 0 Å². The topological polar surface area (TPSA) is 75.2 Å². The van der Waals surface area contributed by atoms with Crippen LogP contribution in [0, 0.1) is 11.3 Å². The van der Waals surface area contributed by atoms with E-state index in [-0.39, 0.29) is 6.42 Å². The van der Waals surface area contributed by atoms with Crippen molar-refractivity contribution in [3.63, 3.8) is 0 Å². The lowest BCUT2D eigenvalue weighted by Crippen LogP contribution is -2.00. The average molecular weight is 565 g/mol. The Morgan fingerprint density at radius 2 is 1.92 bits per heavy atom. The summed E-state index contributed by atoms with van der Waals surface area (Å²) in [6.45, 7) is 0.439. The monoisotopic (exact) mass is 564 g/mol. The van der Waals surface area contributed by atoms with Crippen LogP contribution in [0.2, 0.25) is 5.02 Å². The average Bonchev–Trinajstić information content (AvgIpc) is 3.64. The highest BCUT2D eigenvalue weighted by Gasteiger charge is 2.24. The molecule has 0 saturated heterocycles. The van der Waals surface area contributed by atoms with Crippen molar-refractivity contribution >= 4 is 63.1 Å². The van der Waals surface area contributed by atoms with Crippen LogP contribution in [0.25, 0.3) is 32.6 Å². The van der Waals surface area contributed by atoms with Crippen molar-refractivity contribution < 1.29 is 14.6 Å². The van der Waals surface area contributed by atoms with Gasteiger partial charge in [-0.2, -0.15) is 5.26 Å². The summed E-state index contributed by atoms with van der Waals surface area (Å²) in [4.78, 5) is 13.6. The Morgan fingerprint density at radius 1 is 1.08 bits per heavy atom. The van der Waals surface area contributed by atoms with Crippen LogP contribution in [-0.4, -0.2) is 21.7 Å². The van der Waals surface area contributed by atoms with Gasteiger partial charge in [-0.05, 0) is 90.1 Å². The normalized spacial score (nSPS) is 11.0. The minimum absolute atomic E-state index is 0.135. The Balaban J connectivity index is 1.65. The second-order valence-corrected chi connectivity index (χ2v) is 11.5. The number of hydrogen-bond donors (Lipinski definition) is 1. The molecule has 0 saturated carbocycles. The molecule has 37 heavy (non-hydrogen) atoms. The third-order valence-electron chi connectivity index (χ3n) is 5.75. The van der Waals surface area contributed by atoms with Crippen LogP contribution >= 0.6 is 46.2 Å². The molecule has 5 rings (SSSR count). The number of aromatic nitrogens is 1. The lowest BCUT2D eigenvalue weighted by Gasteiger charge is -2.10. The zero-order valence-corrected chi connectivity index (χ0v) is 22.7. The van der Waals surface area contributed by atoms with E-state index in [4.69, 9.17) is 21.4 Å². The Labute approximate surface area is 231 Å². The van der Waals surface area contributed by atoms with Gasteiger partial charge < -0.3 is 9.84 Å². The zero-order chi connectivity index (χ0) is 25.8. The molecule has 2 aromatic carbocycles. The molecule has 9 heteroatoms. The number of ether oxygens (including phenoxy) is 1. The molecule has 186 valence electrons. The van der Waals surface area contributed by atoms with Crippen LogP contribution in [-0.2, 0) is 4.79 Å². The van der Waals surface area contributed by atoms with Gasteiger partial charge in [0.05, 0.1) is 22.7 Å². The molecule has 0 bridgehead atoms. The van der Waals surface area contributed by atoms with E-state index in [2.05, 4.69) is 21.5 Å². The molecule has 0 radical (unpaired) electrons. The Kier molecular flexibility index (Phi) is 7.87. The van der Waals surface area contributed by atoms with E-state index in [0.717, 1.165) is 37.5 Å². The third-order valence-corrected chi connectivity index (χ3v) is 8.74. The summed E-state index contributed by atoms with van der Waals surface area (Å²) in [5.41, 5.74) is 3.92. The van der Waals surface area contributed by atoms with E-state index in [1.165, 1.54) is 11.3 Å². The number of unbranched alkanes of at least 4 members (excludes halogenated alkanes) is 1. The number of rotatable bonds is 10. The number of carboxylic acids is 1. The number of benzene rings is 2. The summed E-state index contributed by atoms with van der Waals surface area (Å²) in [7, 11) is 0. The summed E-state index contributed by atoms with van der Waals surface area (Å²) in [5, 5.41) is 24.4. The van der Waals surface area contributed by atoms with Crippen molar-refractivity contribution in [1.82, 2.24) is 3.97 Å². The minimum atomic E-state index is -0.796. The molecule has 3 aromatic heterocycles. The number of thiophene rings is 2. The number of hydrogen-bond acceptors (Lipinski definition) is 6. The van der Waals surface area contributed by atoms with Gasteiger partial charge in [0.2, 0.25) is 0 Å². The largest absolute Gasteiger partial charge is 0.494 e. The molecule has 0 spiro atoms. The summed E-state index contributed by atoms with van der Waals surface area (Å²) < 4.78 is 8.23. The first-order valence-corrected chi connectivity index (χ1v) is 14.4. The van der Waals surface area contributed by atoms with Crippen molar-refractivity contribution in [2.45, 2.75) is 24.2 Å². The number of fused-ring (bicyclic) bond motifs is 1. The fraction of sp³-hybridized carbons (Fsp3) is 0.143. The maximum Gasteiger partial charge on any atom is 0.303 e. The highest BCUT2D eigenvalue weighted by molar-refractivity contribution is 7.98. The Hall–Kier alpha value is -3.22. The van der Waals surface area contributed by atoms with Crippen LogP contribution in [0.5, 0.6) is 5.75 Å². The lowest BCUT2D eigenvalue weighted by molar-refractivity contribution is -0.137. The maximum absolute atomic E-state index is 10.8.